The first kappa shape index (κ1) is 15.8. The number of benzene rings is 1. The summed E-state index contributed by atoms with van der Waals surface area (Å²) in [4.78, 5) is 11.7. The topological polar surface area (TPSA) is 38.3 Å². The fourth-order valence-corrected chi connectivity index (χ4v) is 1.84. The average molecular weight is 284 g/mol. The molecule has 0 saturated heterocycles. The molecule has 1 rings (SSSR count). The van der Waals surface area contributed by atoms with Crippen LogP contribution in [0.5, 0.6) is 5.75 Å². The Hall–Kier alpha value is -1.22. The molecule has 1 N–H and O–H groups in total. The molecule has 2 unspecified atom stereocenters. The summed E-state index contributed by atoms with van der Waals surface area (Å²) in [5, 5.41) is 2.92. The number of ether oxygens (including phenoxy) is 1. The van der Waals surface area contributed by atoms with Gasteiger partial charge in [0.1, 0.15) is 5.75 Å². The first-order chi connectivity index (χ1) is 9.02. The number of hydrogen-bond donors (Lipinski definition) is 1. The van der Waals surface area contributed by atoms with E-state index in [-0.39, 0.29) is 17.9 Å². The van der Waals surface area contributed by atoms with Gasteiger partial charge in [-0.2, -0.15) is 0 Å². The SMILES string of the molecule is Cc1cccc(OCCC(=O)NC(C)C(C)CCl)c1. The number of amides is 1. The van der Waals surface area contributed by atoms with Gasteiger partial charge in [0.25, 0.3) is 0 Å². The van der Waals surface area contributed by atoms with Crippen molar-refractivity contribution in [3.05, 3.63) is 29.8 Å². The van der Waals surface area contributed by atoms with E-state index >= 15 is 0 Å². The van der Waals surface area contributed by atoms with Crippen LogP contribution in [-0.4, -0.2) is 24.4 Å². The molecule has 19 heavy (non-hydrogen) atoms. The summed E-state index contributed by atoms with van der Waals surface area (Å²) in [6.07, 6.45) is 0.354. The lowest BCUT2D eigenvalue weighted by Gasteiger charge is -2.19. The molecule has 1 aromatic rings. The van der Waals surface area contributed by atoms with Crippen LogP contribution in [0.15, 0.2) is 24.3 Å². The van der Waals surface area contributed by atoms with Crippen molar-refractivity contribution < 1.29 is 9.53 Å². The van der Waals surface area contributed by atoms with Gasteiger partial charge >= 0.3 is 0 Å². The van der Waals surface area contributed by atoms with Gasteiger partial charge in [-0.15, -0.1) is 11.6 Å². The molecule has 0 aromatic heterocycles. The molecule has 3 nitrogen and oxygen atoms in total. The molecular weight excluding hydrogens is 262 g/mol. The number of hydrogen-bond acceptors (Lipinski definition) is 2. The highest BCUT2D eigenvalue weighted by molar-refractivity contribution is 6.18. The molecule has 106 valence electrons. The molecule has 0 spiro atoms. The minimum Gasteiger partial charge on any atom is -0.493 e. The molecule has 0 aliphatic rings. The minimum absolute atomic E-state index is 0.00267. The number of carbonyl (C=O) groups excluding carboxylic acids is 1. The van der Waals surface area contributed by atoms with Crippen LogP contribution in [0.4, 0.5) is 0 Å². The lowest BCUT2D eigenvalue weighted by atomic mass is 10.1. The van der Waals surface area contributed by atoms with Crippen molar-refractivity contribution in [2.45, 2.75) is 33.2 Å². The van der Waals surface area contributed by atoms with Gasteiger partial charge in [-0.05, 0) is 37.5 Å². The molecular formula is C15H22ClNO2. The van der Waals surface area contributed by atoms with Gasteiger partial charge in [0.05, 0.1) is 13.0 Å². The summed E-state index contributed by atoms with van der Waals surface area (Å²) in [7, 11) is 0. The maximum Gasteiger partial charge on any atom is 0.223 e. The molecule has 0 saturated carbocycles. The highest BCUT2D eigenvalue weighted by Gasteiger charge is 2.13. The van der Waals surface area contributed by atoms with E-state index in [2.05, 4.69) is 5.32 Å². The maximum atomic E-state index is 11.7. The number of alkyl halides is 1. The third kappa shape index (κ3) is 5.97. The molecule has 1 aromatic carbocycles. The van der Waals surface area contributed by atoms with E-state index in [0.29, 0.717) is 18.9 Å². The Kier molecular flexibility index (Phi) is 6.71. The van der Waals surface area contributed by atoms with Gasteiger partial charge in [0, 0.05) is 11.9 Å². The lowest BCUT2D eigenvalue weighted by molar-refractivity contribution is -0.122. The molecule has 1 amide bonds. The van der Waals surface area contributed by atoms with E-state index < -0.39 is 0 Å². The third-order valence-electron chi connectivity index (χ3n) is 3.07. The predicted octanol–water partition coefficient (Wildman–Crippen LogP) is 3.14. The predicted molar refractivity (Wildman–Crippen MR) is 78.8 cm³/mol. The van der Waals surface area contributed by atoms with Gasteiger partial charge in [-0.25, -0.2) is 0 Å². The van der Waals surface area contributed by atoms with Crippen molar-refractivity contribution in [1.82, 2.24) is 5.32 Å². The van der Waals surface area contributed by atoms with Gasteiger partial charge in [-0.1, -0.05) is 19.1 Å². The highest BCUT2D eigenvalue weighted by atomic mass is 35.5. The summed E-state index contributed by atoms with van der Waals surface area (Å²) >= 11 is 5.75. The largest absolute Gasteiger partial charge is 0.493 e. The van der Waals surface area contributed by atoms with Crippen molar-refractivity contribution in [2.75, 3.05) is 12.5 Å². The quantitative estimate of drug-likeness (QED) is 0.781. The van der Waals surface area contributed by atoms with Crippen molar-refractivity contribution in [3.8, 4) is 5.75 Å². The van der Waals surface area contributed by atoms with E-state index in [1.807, 2.05) is 45.0 Å². The average Bonchev–Trinajstić information content (AvgIpc) is 2.37. The second-order valence-corrected chi connectivity index (χ2v) is 5.21. The summed E-state index contributed by atoms with van der Waals surface area (Å²) in [6, 6.07) is 7.88. The van der Waals surface area contributed by atoms with E-state index in [1.54, 1.807) is 0 Å². The molecule has 2 atom stereocenters. The van der Waals surface area contributed by atoms with Crippen LogP contribution in [-0.2, 0) is 4.79 Å². The molecule has 0 heterocycles. The Bertz CT molecular complexity index is 409. The van der Waals surface area contributed by atoms with E-state index in [0.717, 1.165) is 11.3 Å². The standard InChI is InChI=1S/C15H22ClNO2/c1-11-5-4-6-14(9-11)19-8-7-15(18)17-13(3)12(2)10-16/h4-6,9,12-13H,7-8,10H2,1-3H3,(H,17,18). The number of rotatable bonds is 7. The van der Waals surface area contributed by atoms with Crippen LogP contribution in [0.3, 0.4) is 0 Å². The van der Waals surface area contributed by atoms with Crippen molar-refractivity contribution >= 4 is 17.5 Å². The molecule has 0 aliphatic heterocycles. The van der Waals surface area contributed by atoms with E-state index in [1.165, 1.54) is 0 Å². The zero-order chi connectivity index (χ0) is 14.3. The lowest BCUT2D eigenvalue weighted by Crippen LogP contribution is -2.38. The Morgan fingerprint density at radius 2 is 2.16 bits per heavy atom. The fraction of sp³-hybridized carbons (Fsp3) is 0.533. The van der Waals surface area contributed by atoms with Crippen LogP contribution in [0.25, 0.3) is 0 Å². The molecule has 0 radical (unpaired) electrons. The first-order valence-electron chi connectivity index (χ1n) is 6.57. The van der Waals surface area contributed by atoms with Crippen molar-refractivity contribution in [3.63, 3.8) is 0 Å². The normalized spacial score (nSPS) is 13.7. The van der Waals surface area contributed by atoms with E-state index in [4.69, 9.17) is 16.3 Å². The van der Waals surface area contributed by atoms with Gasteiger partial charge in [-0.3, -0.25) is 4.79 Å². The summed E-state index contributed by atoms with van der Waals surface area (Å²) in [5.74, 6) is 1.61. The Morgan fingerprint density at radius 3 is 2.79 bits per heavy atom. The fourth-order valence-electron chi connectivity index (χ4n) is 1.57. The smallest absolute Gasteiger partial charge is 0.223 e. The van der Waals surface area contributed by atoms with Gasteiger partial charge in [0.2, 0.25) is 5.91 Å². The molecule has 0 bridgehead atoms. The third-order valence-corrected chi connectivity index (χ3v) is 3.56. The highest BCUT2D eigenvalue weighted by Crippen LogP contribution is 2.12. The molecule has 4 heteroatoms. The molecule has 0 fully saturated rings. The van der Waals surface area contributed by atoms with E-state index in [9.17, 15) is 4.79 Å². The van der Waals surface area contributed by atoms with Crippen LogP contribution in [0, 0.1) is 12.8 Å². The number of nitrogens with one attached hydrogen (secondary N) is 1. The van der Waals surface area contributed by atoms with Crippen molar-refractivity contribution in [2.24, 2.45) is 5.92 Å². The zero-order valence-electron chi connectivity index (χ0n) is 11.8. The molecule has 0 aliphatic carbocycles. The Labute approximate surface area is 120 Å². The van der Waals surface area contributed by atoms with Crippen LogP contribution in [0.1, 0.15) is 25.8 Å². The van der Waals surface area contributed by atoms with Crippen LogP contribution >= 0.6 is 11.6 Å². The number of aryl methyl sites for hydroxylation is 1. The Morgan fingerprint density at radius 1 is 1.42 bits per heavy atom. The van der Waals surface area contributed by atoms with Gasteiger partial charge < -0.3 is 10.1 Å². The summed E-state index contributed by atoms with van der Waals surface area (Å²) in [6.45, 7) is 6.37. The number of carbonyl (C=O) groups is 1. The minimum atomic E-state index is -0.00267. The van der Waals surface area contributed by atoms with Crippen LogP contribution < -0.4 is 10.1 Å². The second-order valence-electron chi connectivity index (χ2n) is 4.90. The first-order valence-corrected chi connectivity index (χ1v) is 7.11. The maximum absolute atomic E-state index is 11.7. The van der Waals surface area contributed by atoms with Crippen LogP contribution in [0.2, 0.25) is 0 Å². The Balaban J connectivity index is 2.27. The zero-order valence-corrected chi connectivity index (χ0v) is 12.5. The second kappa shape index (κ2) is 8.05. The van der Waals surface area contributed by atoms with Gasteiger partial charge in [0.15, 0.2) is 0 Å². The summed E-state index contributed by atoms with van der Waals surface area (Å²) in [5.41, 5.74) is 1.14. The monoisotopic (exact) mass is 283 g/mol. The summed E-state index contributed by atoms with van der Waals surface area (Å²) < 4.78 is 5.54. The number of halogens is 1. The van der Waals surface area contributed by atoms with Crippen molar-refractivity contribution in [1.29, 1.82) is 0 Å².